The average molecular weight is 198 g/mol. The van der Waals surface area contributed by atoms with Crippen molar-refractivity contribution in [3.8, 4) is 0 Å². The summed E-state index contributed by atoms with van der Waals surface area (Å²) in [4.78, 5) is 23.6. The van der Waals surface area contributed by atoms with Crippen LogP contribution in [0.4, 0.5) is 0 Å². The molecule has 14 heavy (non-hydrogen) atoms. The zero-order valence-corrected chi connectivity index (χ0v) is 8.06. The molecule has 1 aliphatic rings. The van der Waals surface area contributed by atoms with Crippen LogP contribution in [0.5, 0.6) is 0 Å². The van der Waals surface area contributed by atoms with E-state index in [2.05, 4.69) is 11.9 Å². The number of hydrogen-bond donors (Lipinski definition) is 2. The Balaban J connectivity index is 2.77. The summed E-state index contributed by atoms with van der Waals surface area (Å²) >= 11 is 0. The van der Waals surface area contributed by atoms with Crippen molar-refractivity contribution in [2.45, 2.75) is 19.0 Å². The van der Waals surface area contributed by atoms with E-state index in [1.165, 1.54) is 0 Å². The summed E-state index contributed by atoms with van der Waals surface area (Å²) in [6.07, 6.45) is 1.63. The smallest absolute Gasteiger partial charge is 0.322 e. The second-order valence-corrected chi connectivity index (χ2v) is 3.31. The van der Waals surface area contributed by atoms with Crippen LogP contribution in [-0.4, -0.2) is 47.1 Å². The Kier molecular flexibility index (Phi) is 3.24. The Morgan fingerprint density at radius 2 is 2.50 bits per heavy atom. The number of hydrogen-bond acceptors (Lipinski definition) is 3. The normalized spacial score (nSPS) is 25.2. The second kappa shape index (κ2) is 4.23. The van der Waals surface area contributed by atoms with Crippen molar-refractivity contribution in [1.82, 2.24) is 10.2 Å². The van der Waals surface area contributed by atoms with E-state index in [-0.39, 0.29) is 25.0 Å². The lowest BCUT2D eigenvalue weighted by Crippen LogP contribution is -2.59. The van der Waals surface area contributed by atoms with Crippen molar-refractivity contribution in [2.75, 3.05) is 13.1 Å². The molecule has 0 saturated carbocycles. The number of carboxylic acid groups (broad SMARTS) is 1. The number of carboxylic acids is 1. The standard InChI is InChI=1S/C9H14N2O3/c1-3-6(2)11-5-8(12)10-4-7(11)9(13)14/h3,6-7H,1,4-5H2,2H3,(H,10,12)(H,13,14). The summed E-state index contributed by atoms with van der Waals surface area (Å²) in [7, 11) is 0. The molecular weight excluding hydrogens is 184 g/mol. The summed E-state index contributed by atoms with van der Waals surface area (Å²) in [5, 5.41) is 11.4. The fraction of sp³-hybridized carbons (Fsp3) is 0.556. The van der Waals surface area contributed by atoms with Crippen molar-refractivity contribution in [2.24, 2.45) is 0 Å². The van der Waals surface area contributed by atoms with Gasteiger partial charge in [0.05, 0.1) is 6.54 Å². The highest BCUT2D eigenvalue weighted by atomic mass is 16.4. The van der Waals surface area contributed by atoms with Crippen LogP contribution in [0.2, 0.25) is 0 Å². The third kappa shape index (κ3) is 2.11. The highest BCUT2D eigenvalue weighted by Crippen LogP contribution is 2.09. The van der Waals surface area contributed by atoms with Gasteiger partial charge in [0, 0.05) is 12.6 Å². The average Bonchev–Trinajstić information content (AvgIpc) is 2.16. The SMILES string of the molecule is C=CC(C)N1CC(=O)NCC1C(=O)O. The zero-order valence-electron chi connectivity index (χ0n) is 8.06. The van der Waals surface area contributed by atoms with Crippen molar-refractivity contribution in [1.29, 1.82) is 0 Å². The number of aliphatic carboxylic acids is 1. The summed E-state index contributed by atoms with van der Waals surface area (Å²) < 4.78 is 0. The molecule has 1 saturated heterocycles. The summed E-state index contributed by atoms with van der Waals surface area (Å²) in [5.41, 5.74) is 0. The third-order valence-corrected chi connectivity index (χ3v) is 2.37. The number of carbonyl (C=O) groups excluding carboxylic acids is 1. The van der Waals surface area contributed by atoms with Gasteiger partial charge >= 0.3 is 5.97 Å². The Labute approximate surface area is 82.4 Å². The van der Waals surface area contributed by atoms with Crippen LogP contribution in [0.25, 0.3) is 0 Å². The molecule has 0 aliphatic carbocycles. The molecule has 1 fully saturated rings. The molecular formula is C9H14N2O3. The Morgan fingerprint density at radius 1 is 1.86 bits per heavy atom. The lowest BCUT2D eigenvalue weighted by atomic mass is 10.1. The molecule has 0 aromatic heterocycles. The first-order chi connectivity index (χ1) is 6.56. The number of piperazine rings is 1. The third-order valence-electron chi connectivity index (χ3n) is 2.37. The molecule has 2 unspecified atom stereocenters. The molecule has 5 heteroatoms. The molecule has 1 aliphatic heterocycles. The lowest BCUT2D eigenvalue weighted by molar-refractivity contribution is -0.146. The monoisotopic (exact) mass is 198 g/mol. The molecule has 0 bridgehead atoms. The van der Waals surface area contributed by atoms with Gasteiger partial charge < -0.3 is 10.4 Å². The molecule has 0 radical (unpaired) electrons. The molecule has 2 N–H and O–H groups in total. The first kappa shape index (κ1) is 10.7. The second-order valence-electron chi connectivity index (χ2n) is 3.31. The molecule has 1 heterocycles. The van der Waals surface area contributed by atoms with Gasteiger partial charge in [0.1, 0.15) is 6.04 Å². The fourth-order valence-electron chi connectivity index (χ4n) is 1.45. The minimum Gasteiger partial charge on any atom is -0.480 e. The van der Waals surface area contributed by atoms with Gasteiger partial charge in [-0.2, -0.15) is 0 Å². The van der Waals surface area contributed by atoms with E-state index >= 15 is 0 Å². The zero-order chi connectivity index (χ0) is 10.7. The quantitative estimate of drug-likeness (QED) is 0.597. The minimum atomic E-state index is -0.918. The van der Waals surface area contributed by atoms with Gasteiger partial charge in [-0.05, 0) is 6.92 Å². The van der Waals surface area contributed by atoms with Crippen LogP contribution in [0, 0.1) is 0 Å². The molecule has 2 atom stereocenters. The summed E-state index contributed by atoms with van der Waals surface area (Å²) in [6, 6.07) is -0.761. The van der Waals surface area contributed by atoms with E-state index < -0.39 is 12.0 Å². The van der Waals surface area contributed by atoms with Crippen LogP contribution in [0.1, 0.15) is 6.92 Å². The summed E-state index contributed by atoms with van der Waals surface area (Å²) in [5.74, 6) is -1.06. The van der Waals surface area contributed by atoms with E-state index in [0.717, 1.165) is 0 Å². The maximum absolute atomic E-state index is 11.1. The van der Waals surface area contributed by atoms with E-state index in [1.54, 1.807) is 11.0 Å². The highest BCUT2D eigenvalue weighted by Gasteiger charge is 2.33. The van der Waals surface area contributed by atoms with Crippen LogP contribution >= 0.6 is 0 Å². The largest absolute Gasteiger partial charge is 0.480 e. The lowest BCUT2D eigenvalue weighted by Gasteiger charge is -2.35. The molecule has 5 nitrogen and oxygen atoms in total. The van der Waals surface area contributed by atoms with Crippen LogP contribution in [-0.2, 0) is 9.59 Å². The van der Waals surface area contributed by atoms with Crippen molar-refractivity contribution < 1.29 is 14.7 Å². The number of amides is 1. The van der Waals surface area contributed by atoms with E-state index in [9.17, 15) is 9.59 Å². The number of carbonyl (C=O) groups is 2. The molecule has 1 rings (SSSR count). The molecule has 1 amide bonds. The van der Waals surface area contributed by atoms with Crippen LogP contribution in [0.15, 0.2) is 12.7 Å². The predicted molar refractivity (Wildman–Crippen MR) is 50.8 cm³/mol. The van der Waals surface area contributed by atoms with Gasteiger partial charge in [0.2, 0.25) is 5.91 Å². The van der Waals surface area contributed by atoms with Crippen molar-refractivity contribution >= 4 is 11.9 Å². The van der Waals surface area contributed by atoms with Gasteiger partial charge in [-0.1, -0.05) is 6.08 Å². The van der Waals surface area contributed by atoms with E-state index in [4.69, 9.17) is 5.11 Å². The maximum atomic E-state index is 11.1. The molecule has 78 valence electrons. The Morgan fingerprint density at radius 3 is 3.00 bits per heavy atom. The number of rotatable bonds is 3. The topological polar surface area (TPSA) is 69.6 Å². The van der Waals surface area contributed by atoms with Crippen molar-refractivity contribution in [3.63, 3.8) is 0 Å². The van der Waals surface area contributed by atoms with Gasteiger partial charge in [-0.3, -0.25) is 14.5 Å². The minimum absolute atomic E-state index is 0.109. The molecule has 0 spiro atoms. The predicted octanol–water partition coefficient (Wildman–Crippen LogP) is -0.554. The number of nitrogens with one attached hydrogen (secondary N) is 1. The van der Waals surface area contributed by atoms with E-state index in [1.807, 2.05) is 6.92 Å². The molecule has 0 aromatic rings. The van der Waals surface area contributed by atoms with E-state index in [0.29, 0.717) is 0 Å². The summed E-state index contributed by atoms with van der Waals surface area (Å²) in [6.45, 7) is 5.68. The first-order valence-electron chi connectivity index (χ1n) is 4.44. The van der Waals surface area contributed by atoms with Gasteiger partial charge in [0.15, 0.2) is 0 Å². The fourth-order valence-corrected chi connectivity index (χ4v) is 1.45. The maximum Gasteiger partial charge on any atom is 0.322 e. The number of nitrogens with zero attached hydrogens (tertiary/aromatic N) is 1. The van der Waals surface area contributed by atoms with Gasteiger partial charge in [-0.25, -0.2) is 0 Å². The van der Waals surface area contributed by atoms with Gasteiger partial charge in [-0.15, -0.1) is 6.58 Å². The van der Waals surface area contributed by atoms with Crippen molar-refractivity contribution in [3.05, 3.63) is 12.7 Å². The van der Waals surface area contributed by atoms with Crippen LogP contribution < -0.4 is 5.32 Å². The van der Waals surface area contributed by atoms with Crippen LogP contribution in [0.3, 0.4) is 0 Å². The first-order valence-corrected chi connectivity index (χ1v) is 4.44. The molecule has 0 aromatic carbocycles. The highest BCUT2D eigenvalue weighted by molar-refractivity contribution is 5.83. The van der Waals surface area contributed by atoms with Gasteiger partial charge in [0.25, 0.3) is 0 Å². The Bertz CT molecular complexity index is 265. The Hall–Kier alpha value is -1.36.